The Bertz CT molecular complexity index is 1250. The van der Waals surface area contributed by atoms with Crippen molar-refractivity contribution in [3.05, 3.63) is 59.7 Å². The molecule has 37 heavy (non-hydrogen) atoms. The van der Waals surface area contributed by atoms with Crippen LogP contribution in [0.3, 0.4) is 0 Å². The summed E-state index contributed by atoms with van der Waals surface area (Å²) in [5.74, 6) is -5.64. The number of hydrogen-bond donors (Lipinski definition) is 7. The highest BCUT2D eigenvalue weighted by Crippen LogP contribution is 2.34. The average molecular weight is 516 g/mol. The highest BCUT2D eigenvalue weighted by atomic mass is 16.6. The molecular weight excluding hydrogens is 492 g/mol. The van der Waals surface area contributed by atoms with Gasteiger partial charge < -0.3 is 45.2 Å². The normalized spacial score (nSPS) is 23.7. The van der Waals surface area contributed by atoms with Gasteiger partial charge in [0.1, 0.15) is 0 Å². The largest absolute Gasteiger partial charge is 0.504 e. The van der Waals surface area contributed by atoms with E-state index < -0.39 is 59.7 Å². The second-order valence-electron chi connectivity index (χ2n) is 8.26. The van der Waals surface area contributed by atoms with Gasteiger partial charge in [-0.1, -0.05) is 12.1 Å². The van der Waals surface area contributed by atoms with E-state index in [2.05, 4.69) is 0 Å². The maximum atomic E-state index is 12.4. The van der Waals surface area contributed by atoms with Crippen molar-refractivity contribution >= 4 is 30.1 Å². The Labute approximate surface area is 209 Å². The standard InChI is InChI=1S/C25H24O12/c26-15-5-1-13(11-18(15)29)3-7-20(31)36-22-17(28)9-10-25(35,24(33)34)23(22)37-21(32)8-4-14-2-6-16(27)19(30)12-14/h1-8,11-12,17,22-23,26-30,35H,9-10H2,(H,33,34). The SMILES string of the molecule is O=C(C=Cc1ccc(O)c(O)c1)OC1C(O)CCC(O)(C(=O)O)C1OC(=O)C=Cc1ccc(O)c(O)c1. The van der Waals surface area contributed by atoms with Crippen LogP contribution in [0.25, 0.3) is 12.2 Å². The number of carboxylic acids is 1. The molecule has 7 N–H and O–H groups in total. The van der Waals surface area contributed by atoms with Crippen LogP contribution in [-0.2, 0) is 23.9 Å². The van der Waals surface area contributed by atoms with E-state index in [-0.39, 0.29) is 23.5 Å². The van der Waals surface area contributed by atoms with E-state index >= 15 is 0 Å². The van der Waals surface area contributed by atoms with Crippen LogP contribution >= 0.6 is 0 Å². The van der Waals surface area contributed by atoms with Gasteiger partial charge in [-0.25, -0.2) is 14.4 Å². The van der Waals surface area contributed by atoms with Crippen molar-refractivity contribution in [3.63, 3.8) is 0 Å². The highest BCUT2D eigenvalue weighted by Gasteiger charge is 2.57. The van der Waals surface area contributed by atoms with Crippen LogP contribution in [0.4, 0.5) is 0 Å². The summed E-state index contributed by atoms with van der Waals surface area (Å²) in [6, 6.07) is 7.39. The number of aromatic hydroxyl groups is 4. The Morgan fingerprint density at radius 2 is 1.30 bits per heavy atom. The maximum Gasteiger partial charge on any atom is 0.339 e. The number of carboxylic acid groups (broad SMARTS) is 1. The molecule has 1 aliphatic carbocycles. The summed E-state index contributed by atoms with van der Waals surface area (Å²) >= 11 is 0. The molecule has 196 valence electrons. The van der Waals surface area contributed by atoms with Gasteiger partial charge in [-0.2, -0.15) is 0 Å². The van der Waals surface area contributed by atoms with Crippen molar-refractivity contribution in [2.24, 2.45) is 0 Å². The lowest BCUT2D eigenvalue weighted by Crippen LogP contribution is -2.63. The summed E-state index contributed by atoms with van der Waals surface area (Å²) < 4.78 is 10.3. The quantitative estimate of drug-likeness (QED) is 0.156. The van der Waals surface area contributed by atoms with Crippen molar-refractivity contribution < 1.29 is 59.6 Å². The number of aliphatic hydroxyl groups is 2. The summed E-state index contributed by atoms with van der Waals surface area (Å²) in [5, 5.41) is 68.5. The molecule has 4 unspecified atom stereocenters. The fourth-order valence-corrected chi connectivity index (χ4v) is 3.64. The number of hydrogen-bond acceptors (Lipinski definition) is 11. The number of ether oxygens (including phenoxy) is 2. The average Bonchev–Trinajstić information content (AvgIpc) is 2.85. The zero-order valence-electron chi connectivity index (χ0n) is 19.1. The van der Waals surface area contributed by atoms with Gasteiger partial charge >= 0.3 is 17.9 Å². The van der Waals surface area contributed by atoms with Gasteiger partial charge in [0, 0.05) is 12.2 Å². The number of benzene rings is 2. The summed E-state index contributed by atoms with van der Waals surface area (Å²) in [6.45, 7) is 0. The summed E-state index contributed by atoms with van der Waals surface area (Å²) in [7, 11) is 0. The number of phenolic OH excluding ortho intramolecular Hbond substituents is 4. The molecule has 0 saturated heterocycles. The molecular formula is C25H24O12. The van der Waals surface area contributed by atoms with Gasteiger partial charge in [0.15, 0.2) is 35.2 Å². The Morgan fingerprint density at radius 1 is 0.811 bits per heavy atom. The van der Waals surface area contributed by atoms with Crippen LogP contribution in [0.5, 0.6) is 23.0 Å². The van der Waals surface area contributed by atoms with Crippen LogP contribution in [-0.4, -0.2) is 77.6 Å². The molecule has 1 saturated carbocycles. The van der Waals surface area contributed by atoms with Gasteiger partial charge in [0.05, 0.1) is 6.10 Å². The minimum absolute atomic E-state index is 0.276. The minimum atomic E-state index is -2.68. The van der Waals surface area contributed by atoms with Crippen molar-refractivity contribution in [3.8, 4) is 23.0 Å². The van der Waals surface area contributed by atoms with E-state index in [4.69, 9.17) is 9.47 Å². The van der Waals surface area contributed by atoms with Crippen molar-refractivity contribution in [1.29, 1.82) is 0 Å². The Balaban J connectivity index is 1.80. The Hall–Kier alpha value is -4.55. The molecule has 2 aromatic rings. The van der Waals surface area contributed by atoms with E-state index in [9.17, 15) is 50.1 Å². The van der Waals surface area contributed by atoms with Gasteiger partial charge in [-0.15, -0.1) is 0 Å². The maximum absolute atomic E-state index is 12.4. The Morgan fingerprint density at radius 3 is 1.76 bits per heavy atom. The summed E-state index contributed by atoms with van der Waals surface area (Å²) in [6.07, 6.45) is -1.89. The van der Waals surface area contributed by atoms with E-state index in [0.717, 1.165) is 24.3 Å². The Kier molecular flexibility index (Phi) is 8.05. The molecule has 0 radical (unpaired) electrons. The predicted octanol–water partition coefficient (Wildman–Crippen LogP) is 1.03. The predicted molar refractivity (Wildman–Crippen MR) is 125 cm³/mol. The highest BCUT2D eigenvalue weighted by molar-refractivity contribution is 5.89. The van der Waals surface area contributed by atoms with Crippen LogP contribution in [0.2, 0.25) is 0 Å². The van der Waals surface area contributed by atoms with Gasteiger partial charge in [0.2, 0.25) is 5.60 Å². The van der Waals surface area contributed by atoms with E-state index in [1.54, 1.807) is 0 Å². The molecule has 0 aromatic heterocycles. The third kappa shape index (κ3) is 6.37. The van der Waals surface area contributed by atoms with Crippen molar-refractivity contribution in [1.82, 2.24) is 0 Å². The molecule has 2 aromatic carbocycles. The molecule has 12 nitrogen and oxygen atoms in total. The molecule has 0 spiro atoms. The summed E-state index contributed by atoms with van der Waals surface area (Å²) in [5.41, 5.74) is -2.11. The van der Waals surface area contributed by atoms with E-state index in [0.29, 0.717) is 5.56 Å². The van der Waals surface area contributed by atoms with Crippen LogP contribution in [0, 0.1) is 0 Å². The number of carbonyl (C=O) groups excluding carboxylic acids is 2. The molecule has 0 bridgehead atoms. The zero-order chi connectivity index (χ0) is 27.3. The second kappa shape index (κ2) is 11.0. The molecule has 12 heteroatoms. The molecule has 0 aliphatic heterocycles. The van der Waals surface area contributed by atoms with Gasteiger partial charge in [0.25, 0.3) is 0 Å². The first kappa shape index (κ1) is 27.0. The second-order valence-corrected chi connectivity index (χ2v) is 8.26. The number of aliphatic carboxylic acids is 1. The number of esters is 2. The molecule has 0 amide bonds. The van der Waals surface area contributed by atoms with Crippen LogP contribution in [0.1, 0.15) is 24.0 Å². The first-order valence-electron chi connectivity index (χ1n) is 10.9. The monoisotopic (exact) mass is 516 g/mol. The fourth-order valence-electron chi connectivity index (χ4n) is 3.64. The topological polar surface area (TPSA) is 211 Å². The lowest BCUT2D eigenvalue weighted by Gasteiger charge is -2.42. The fraction of sp³-hybridized carbons (Fsp3) is 0.240. The third-order valence-corrected chi connectivity index (χ3v) is 5.66. The molecule has 0 heterocycles. The lowest BCUT2D eigenvalue weighted by atomic mass is 9.78. The van der Waals surface area contributed by atoms with Gasteiger partial charge in [-0.05, 0) is 60.4 Å². The molecule has 1 aliphatic rings. The number of rotatable bonds is 7. The number of aliphatic hydroxyl groups excluding tert-OH is 1. The summed E-state index contributed by atoms with van der Waals surface area (Å²) in [4.78, 5) is 36.7. The van der Waals surface area contributed by atoms with Gasteiger partial charge in [-0.3, -0.25) is 0 Å². The third-order valence-electron chi connectivity index (χ3n) is 5.66. The van der Waals surface area contributed by atoms with Crippen molar-refractivity contribution in [2.75, 3.05) is 0 Å². The number of phenols is 4. The zero-order valence-corrected chi connectivity index (χ0v) is 19.1. The van der Waals surface area contributed by atoms with Crippen molar-refractivity contribution in [2.45, 2.75) is 36.8 Å². The van der Waals surface area contributed by atoms with Crippen LogP contribution < -0.4 is 0 Å². The lowest BCUT2D eigenvalue weighted by molar-refractivity contribution is -0.223. The molecule has 4 atom stereocenters. The minimum Gasteiger partial charge on any atom is -0.504 e. The number of carbonyl (C=O) groups is 3. The molecule has 1 fully saturated rings. The first-order chi connectivity index (χ1) is 17.4. The smallest absolute Gasteiger partial charge is 0.339 e. The van der Waals surface area contributed by atoms with Crippen LogP contribution in [0.15, 0.2) is 48.6 Å². The van der Waals surface area contributed by atoms with E-state index in [1.807, 2.05) is 0 Å². The first-order valence-corrected chi connectivity index (χ1v) is 10.9. The molecule has 3 rings (SSSR count). The van der Waals surface area contributed by atoms with E-state index in [1.165, 1.54) is 36.4 Å².